The van der Waals surface area contributed by atoms with Crippen LogP contribution < -0.4 is 5.73 Å². The second-order valence-electron chi connectivity index (χ2n) is 9.05. The van der Waals surface area contributed by atoms with Gasteiger partial charge in [0.1, 0.15) is 11.7 Å². The molecule has 4 aromatic heterocycles. The summed E-state index contributed by atoms with van der Waals surface area (Å²) in [6, 6.07) is 14.5. The number of nitrogens with zero attached hydrogens (tertiary/aromatic N) is 6. The Morgan fingerprint density at radius 3 is 2.61 bits per heavy atom. The highest BCUT2D eigenvalue weighted by atomic mass is 19.4. The summed E-state index contributed by atoms with van der Waals surface area (Å²) in [5.41, 5.74) is 9.64. The van der Waals surface area contributed by atoms with Gasteiger partial charge in [0.05, 0.1) is 5.52 Å². The maximum absolute atomic E-state index is 14.1. The molecule has 182 valence electrons. The van der Waals surface area contributed by atoms with E-state index in [0.29, 0.717) is 30.1 Å². The standard InChI is InChI=1S/C26H22F3N7/c27-26(28,29)24(35-11-9-20(30)15-35)19-6-8-23-33-34-25(36(23)14-19)21-7-5-16-3-4-17(12-22(16)32-21)18-2-1-10-31-13-18/h1-8,10,12-14,20,24H,9,11,15,30H2. The molecule has 1 fully saturated rings. The Morgan fingerprint density at radius 1 is 1.00 bits per heavy atom. The largest absolute Gasteiger partial charge is 0.408 e. The molecule has 1 saturated heterocycles. The van der Waals surface area contributed by atoms with Crippen LogP contribution in [0.15, 0.2) is 73.2 Å². The Morgan fingerprint density at radius 2 is 1.86 bits per heavy atom. The van der Waals surface area contributed by atoms with Gasteiger partial charge in [-0.3, -0.25) is 14.3 Å². The smallest absolute Gasteiger partial charge is 0.326 e. The lowest BCUT2D eigenvalue weighted by Gasteiger charge is -2.30. The van der Waals surface area contributed by atoms with Gasteiger partial charge in [-0.25, -0.2) is 4.98 Å². The van der Waals surface area contributed by atoms with Crippen molar-refractivity contribution in [3.63, 3.8) is 0 Å². The van der Waals surface area contributed by atoms with Gasteiger partial charge in [0.25, 0.3) is 0 Å². The van der Waals surface area contributed by atoms with Crippen LogP contribution in [0.5, 0.6) is 0 Å². The van der Waals surface area contributed by atoms with Crippen molar-refractivity contribution >= 4 is 16.6 Å². The first-order valence-corrected chi connectivity index (χ1v) is 11.6. The van der Waals surface area contributed by atoms with Crippen LogP contribution in [0.1, 0.15) is 18.0 Å². The van der Waals surface area contributed by atoms with Gasteiger partial charge in [0.2, 0.25) is 0 Å². The average Bonchev–Trinajstić information content (AvgIpc) is 3.49. The summed E-state index contributed by atoms with van der Waals surface area (Å²) in [7, 11) is 0. The molecule has 2 unspecified atom stereocenters. The van der Waals surface area contributed by atoms with Gasteiger partial charge in [0, 0.05) is 48.7 Å². The predicted molar refractivity (Wildman–Crippen MR) is 130 cm³/mol. The number of fused-ring (bicyclic) bond motifs is 2. The molecule has 5 heterocycles. The Kier molecular flexibility index (Phi) is 5.42. The third-order valence-corrected chi connectivity index (χ3v) is 6.59. The molecule has 0 aliphatic carbocycles. The van der Waals surface area contributed by atoms with E-state index in [1.165, 1.54) is 17.2 Å². The number of aromatic nitrogens is 5. The number of pyridine rings is 3. The number of hydrogen-bond acceptors (Lipinski definition) is 6. The van der Waals surface area contributed by atoms with E-state index in [-0.39, 0.29) is 18.2 Å². The van der Waals surface area contributed by atoms with Crippen LogP contribution in [-0.2, 0) is 0 Å². The summed E-state index contributed by atoms with van der Waals surface area (Å²) < 4.78 is 44.0. The fourth-order valence-corrected chi connectivity index (χ4v) is 4.86. The average molecular weight is 490 g/mol. The third kappa shape index (κ3) is 4.08. The molecule has 1 aliphatic heterocycles. The van der Waals surface area contributed by atoms with Gasteiger partial charge >= 0.3 is 6.18 Å². The molecular weight excluding hydrogens is 467 g/mol. The maximum atomic E-state index is 14.1. The van der Waals surface area contributed by atoms with Crippen LogP contribution in [0, 0.1) is 0 Å². The molecule has 0 saturated carbocycles. The fourth-order valence-electron chi connectivity index (χ4n) is 4.86. The number of benzene rings is 1. The Hall–Kier alpha value is -3.89. The highest BCUT2D eigenvalue weighted by Gasteiger charge is 2.46. The lowest BCUT2D eigenvalue weighted by atomic mass is 10.1. The molecule has 36 heavy (non-hydrogen) atoms. The van der Waals surface area contributed by atoms with Crippen LogP contribution in [-0.4, -0.2) is 54.8 Å². The SMILES string of the molecule is NC1CCN(C(c2ccc3nnc(-c4ccc5ccc(-c6cccnc6)cc5n4)n3c2)C(F)(F)F)C1. The molecule has 2 N–H and O–H groups in total. The summed E-state index contributed by atoms with van der Waals surface area (Å²) in [5, 5.41) is 9.35. The Balaban J connectivity index is 1.43. The Labute approximate surface area is 204 Å². The van der Waals surface area contributed by atoms with E-state index in [9.17, 15) is 13.2 Å². The number of rotatable bonds is 4. The minimum absolute atomic E-state index is 0.116. The summed E-state index contributed by atoms with van der Waals surface area (Å²) in [6.45, 7) is 0.493. The minimum Gasteiger partial charge on any atom is -0.326 e. The molecule has 0 amide bonds. The van der Waals surface area contributed by atoms with E-state index in [1.807, 2.05) is 36.4 Å². The van der Waals surface area contributed by atoms with E-state index >= 15 is 0 Å². The number of alkyl halides is 3. The van der Waals surface area contributed by atoms with Crippen LogP contribution in [0.25, 0.3) is 39.2 Å². The first-order chi connectivity index (χ1) is 17.4. The first-order valence-electron chi connectivity index (χ1n) is 11.6. The van der Waals surface area contributed by atoms with Crippen molar-refractivity contribution in [2.75, 3.05) is 13.1 Å². The molecule has 7 nitrogen and oxygen atoms in total. The number of hydrogen-bond donors (Lipinski definition) is 1. The van der Waals surface area contributed by atoms with Gasteiger partial charge < -0.3 is 5.73 Å². The molecule has 0 bridgehead atoms. The van der Waals surface area contributed by atoms with Crippen molar-refractivity contribution in [3.05, 3.63) is 78.8 Å². The van der Waals surface area contributed by atoms with Gasteiger partial charge in [-0.15, -0.1) is 10.2 Å². The normalized spacial score (nSPS) is 17.7. The fraction of sp³-hybridized carbons (Fsp3) is 0.231. The van der Waals surface area contributed by atoms with Crippen molar-refractivity contribution in [2.45, 2.75) is 24.7 Å². The van der Waals surface area contributed by atoms with Crippen molar-refractivity contribution in [1.29, 1.82) is 0 Å². The van der Waals surface area contributed by atoms with Crippen LogP contribution >= 0.6 is 0 Å². The van der Waals surface area contributed by atoms with Gasteiger partial charge in [-0.05, 0) is 41.8 Å². The van der Waals surface area contributed by atoms with Gasteiger partial charge in [-0.1, -0.05) is 30.3 Å². The first kappa shape index (κ1) is 22.6. The van der Waals surface area contributed by atoms with Crippen LogP contribution in [0.2, 0.25) is 0 Å². The maximum Gasteiger partial charge on any atom is 0.408 e. The van der Waals surface area contributed by atoms with Gasteiger partial charge in [0.15, 0.2) is 11.5 Å². The van der Waals surface area contributed by atoms with Crippen molar-refractivity contribution in [3.8, 4) is 22.6 Å². The molecule has 1 aromatic carbocycles. The molecule has 0 spiro atoms. The number of nitrogens with two attached hydrogens (primary N) is 1. The molecule has 10 heteroatoms. The quantitative estimate of drug-likeness (QED) is 0.396. The van der Waals surface area contributed by atoms with Crippen molar-refractivity contribution in [1.82, 2.24) is 29.5 Å². The topological polar surface area (TPSA) is 85.2 Å². The monoisotopic (exact) mass is 489 g/mol. The zero-order valence-electron chi connectivity index (χ0n) is 19.1. The summed E-state index contributed by atoms with van der Waals surface area (Å²) in [4.78, 5) is 10.3. The second-order valence-corrected chi connectivity index (χ2v) is 9.05. The van der Waals surface area contributed by atoms with E-state index < -0.39 is 12.2 Å². The van der Waals surface area contributed by atoms with E-state index in [1.54, 1.807) is 28.9 Å². The molecule has 6 rings (SSSR count). The molecule has 1 aliphatic rings. The summed E-state index contributed by atoms with van der Waals surface area (Å²) in [5.74, 6) is 0.375. The lowest BCUT2D eigenvalue weighted by Crippen LogP contribution is -2.38. The third-order valence-electron chi connectivity index (χ3n) is 6.59. The zero-order chi connectivity index (χ0) is 24.9. The molecule has 0 radical (unpaired) electrons. The zero-order valence-corrected chi connectivity index (χ0v) is 19.1. The minimum atomic E-state index is -4.45. The summed E-state index contributed by atoms with van der Waals surface area (Å²) >= 11 is 0. The highest BCUT2D eigenvalue weighted by Crippen LogP contribution is 2.39. The van der Waals surface area contributed by atoms with E-state index in [4.69, 9.17) is 10.7 Å². The summed E-state index contributed by atoms with van der Waals surface area (Å²) in [6.07, 6.45) is 1.05. The van der Waals surface area contributed by atoms with Gasteiger partial charge in [-0.2, -0.15) is 13.2 Å². The van der Waals surface area contributed by atoms with E-state index in [0.717, 1.165) is 22.0 Å². The van der Waals surface area contributed by atoms with Crippen LogP contribution in [0.3, 0.4) is 0 Å². The van der Waals surface area contributed by atoms with E-state index in [2.05, 4.69) is 15.2 Å². The molecule has 2 atom stereocenters. The van der Waals surface area contributed by atoms with Crippen LogP contribution in [0.4, 0.5) is 13.2 Å². The number of halogens is 3. The predicted octanol–water partition coefficient (Wildman–Crippen LogP) is 4.64. The molecular formula is C26H22F3N7. The Bertz CT molecular complexity index is 1550. The lowest BCUT2D eigenvalue weighted by molar-refractivity contribution is -0.183. The number of likely N-dealkylation sites (tertiary alicyclic amines) is 1. The van der Waals surface area contributed by atoms with Crippen molar-refractivity contribution in [2.24, 2.45) is 5.73 Å². The second kappa shape index (κ2) is 8.65. The highest BCUT2D eigenvalue weighted by molar-refractivity contribution is 5.85. The van der Waals surface area contributed by atoms with Crippen molar-refractivity contribution < 1.29 is 13.2 Å². The molecule has 5 aromatic rings.